The highest BCUT2D eigenvalue weighted by atomic mass is 14.8. The van der Waals surface area contributed by atoms with Crippen LogP contribution in [0, 0.1) is 0 Å². The standard InChI is InChI=1S/C18H13N3/c1-2-12-11-20-18-17(12)14(9-10-19-18)16-8-7-13-5-3-4-6-15(13)21-16/h2-11H,1H2,(H,19,20). The third kappa shape index (κ3) is 1.82. The van der Waals surface area contributed by atoms with Gasteiger partial charge >= 0.3 is 0 Å². The number of H-pyrrole nitrogens is 1. The van der Waals surface area contributed by atoms with Crippen molar-refractivity contribution in [3.05, 3.63) is 67.0 Å². The molecular formula is C18H13N3. The lowest BCUT2D eigenvalue weighted by Crippen LogP contribution is -1.88. The zero-order valence-electron chi connectivity index (χ0n) is 11.4. The maximum absolute atomic E-state index is 4.77. The Balaban J connectivity index is 2.03. The van der Waals surface area contributed by atoms with Crippen molar-refractivity contribution in [2.24, 2.45) is 0 Å². The van der Waals surface area contributed by atoms with E-state index in [0.717, 1.165) is 38.8 Å². The maximum atomic E-state index is 4.77. The average molecular weight is 271 g/mol. The van der Waals surface area contributed by atoms with Gasteiger partial charge in [0.05, 0.1) is 11.2 Å². The number of benzene rings is 1. The molecule has 1 aromatic carbocycles. The largest absolute Gasteiger partial charge is 0.346 e. The van der Waals surface area contributed by atoms with Crippen LogP contribution >= 0.6 is 0 Å². The molecule has 4 aromatic rings. The van der Waals surface area contributed by atoms with Crippen LogP contribution < -0.4 is 0 Å². The number of hydrogen-bond donors (Lipinski definition) is 1. The summed E-state index contributed by atoms with van der Waals surface area (Å²) >= 11 is 0. The van der Waals surface area contributed by atoms with E-state index in [-0.39, 0.29) is 0 Å². The number of nitrogens with zero attached hydrogens (tertiary/aromatic N) is 2. The quantitative estimate of drug-likeness (QED) is 0.586. The predicted molar refractivity (Wildman–Crippen MR) is 86.9 cm³/mol. The van der Waals surface area contributed by atoms with Crippen molar-refractivity contribution in [3.63, 3.8) is 0 Å². The Hall–Kier alpha value is -2.94. The molecule has 4 rings (SSSR count). The van der Waals surface area contributed by atoms with E-state index in [0.29, 0.717) is 0 Å². The molecule has 0 atom stereocenters. The molecule has 21 heavy (non-hydrogen) atoms. The van der Waals surface area contributed by atoms with Crippen molar-refractivity contribution >= 4 is 28.0 Å². The van der Waals surface area contributed by atoms with Crippen molar-refractivity contribution < 1.29 is 0 Å². The summed E-state index contributed by atoms with van der Waals surface area (Å²) in [5, 5.41) is 2.21. The van der Waals surface area contributed by atoms with Crippen molar-refractivity contribution in [1.29, 1.82) is 0 Å². The van der Waals surface area contributed by atoms with Crippen molar-refractivity contribution in [2.45, 2.75) is 0 Å². The van der Waals surface area contributed by atoms with Gasteiger partial charge in [0.15, 0.2) is 0 Å². The fourth-order valence-corrected chi connectivity index (χ4v) is 2.67. The second kappa shape index (κ2) is 4.56. The van der Waals surface area contributed by atoms with Gasteiger partial charge in [0.2, 0.25) is 0 Å². The topological polar surface area (TPSA) is 41.6 Å². The van der Waals surface area contributed by atoms with E-state index in [1.807, 2.05) is 36.5 Å². The fourth-order valence-electron chi connectivity index (χ4n) is 2.67. The number of hydrogen-bond acceptors (Lipinski definition) is 2. The highest BCUT2D eigenvalue weighted by Crippen LogP contribution is 2.30. The molecule has 0 saturated heterocycles. The Bertz CT molecular complexity index is 966. The van der Waals surface area contributed by atoms with E-state index in [2.05, 4.69) is 34.7 Å². The molecule has 3 nitrogen and oxygen atoms in total. The number of rotatable bonds is 2. The molecule has 0 aliphatic rings. The second-order valence-corrected chi connectivity index (χ2v) is 4.92. The molecule has 3 heteroatoms. The molecule has 0 unspecified atom stereocenters. The van der Waals surface area contributed by atoms with Crippen LogP contribution in [0.25, 0.3) is 39.3 Å². The van der Waals surface area contributed by atoms with Crippen LogP contribution in [0.15, 0.2) is 61.4 Å². The summed E-state index contributed by atoms with van der Waals surface area (Å²) in [4.78, 5) is 12.3. The van der Waals surface area contributed by atoms with Crippen molar-refractivity contribution in [3.8, 4) is 11.3 Å². The molecule has 3 aromatic heterocycles. The molecule has 0 aliphatic heterocycles. The third-order valence-corrected chi connectivity index (χ3v) is 3.70. The molecule has 0 bridgehead atoms. The summed E-state index contributed by atoms with van der Waals surface area (Å²) in [5.74, 6) is 0. The Kier molecular flexibility index (Phi) is 2.57. The molecule has 0 radical (unpaired) electrons. The van der Waals surface area contributed by atoms with Crippen LogP contribution in [0.3, 0.4) is 0 Å². The zero-order valence-corrected chi connectivity index (χ0v) is 11.4. The van der Waals surface area contributed by atoms with E-state index in [9.17, 15) is 0 Å². The first-order chi connectivity index (χ1) is 10.4. The molecule has 3 heterocycles. The van der Waals surface area contributed by atoms with Gasteiger partial charge in [0.25, 0.3) is 0 Å². The smallest absolute Gasteiger partial charge is 0.138 e. The Labute approximate surface area is 122 Å². The number of pyridine rings is 2. The lowest BCUT2D eigenvalue weighted by atomic mass is 10.0. The molecule has 0 spiro atoms. The van der Waals surface area contributed by atoms with Crippen LogP contribution in [-0.4, -0.2) is 15.0 Å². The van der Waals surface area contributed by atoms with Crippen LogP contribution in [0.1, 0.15) is 5.56 Å². The zero-order chi connectivity index (χ0) is 14.2. The SMILES string of the molecule is C=Cc1c[nH]c2nccc(-c3ccc4ccccc4n3)c12. The van der Waals surface area contributed by atoms with Crippen molar-refractivity contribution in [2.75, 3.05) is 0 Å². The Morgan fingerprint density at radius 1 is 1.05 bits per heavy atom. The molecule has 0 saturated carbocycles. The van der Waals surface area contributed by atoms with Gasteiger partial charge in [-0.1, -0.05) is 36.9 Å². The van der Waals surface area contributed by atoms with Gasteiger partial charge < -0.3 is 4.98 Å². The van der Waals surface area contributed by atoms with E-state index >= 15 is 0 Å². The lowest BCUT2D eigenvalue weighted by Gasteiger charge is -2.05. The average Bonchev–Trinajstić information content (AvgIpc) is 2.97. The van der Waals surface area contributed by atoms with Gasteiger partial charge in [-0.25, -0.2) is 9.97 Å². The summed E-state index contributed by atoms with van der Waals surface area (Å²) in [6.07, 6.45) is 5.57. The van der Waals surface area contributed by atoms with Crippen LogP contribution in [0.5, 0.6) is 0 Å². The van der Waals surface area contributed by atoms with Crippen molar-refractivity contribution in [1.82, 2.24) is 15.0 Å². The number of aromatic amines is 1. The summed E-state index contributed by atoms with van der Waals surface area (Å²) < 4.78 is 0. The Morgan fingerprint density at radius 3 is 2.86 bits per heavy atom. The second-order valence-electron chi connectivity index (χ2n) is 4.92. The molecule has 0 fully saturated rings. The fraction of sp³-hybridized carbons (Fsp3) is 0. The normalized spacial score (nSPS) is 11.0. The van der Waals surface area contributed by atoms with Gasteiger partial charge in [-0.05, 0) is 18.2 Å². The van der Waals surface area contributed by atoms with Crippen LogP contribution in [0.4, 0.5) is 0 Å². The lowest BCUT2D eigenvalue weighted by molar-refractivity contribution is 1.32. The molecule has 100 valence electrons. The van der Waals surface area contributed by atoms with Gasteiger partial charge in [0, 0.05) is 34.3 Å². The van der Waals surface area contributed by atoms with Gasteiger partial charge in [0.1, 0.15) is 5.65 Å². The minimum Gasteiger partial charge on any atom is -0.346 e. The van der Waals surface area contributed by atoms with E-state index < -0.39 is 0 Å². The van der Waals surface area contributed by atoms with Gasteiger partial charge in [-0.3, -0.25) is 0 Å². The highest BCUT2D eigenvalue weighted by molar-refractivity contribution is 5.99. The minimum absolute atomic E-state index is 0.859. The maximum Gasteiger partial charge on any atom is 0.138 e. The Morgan fingerprint density at radius 2 is 1.95 bits per heavy atom. The first kappa shape index (κ1) is 11.9. The van der Waals surface area contributed by atoms with Crippen LogP contribution in [0.2, 0.25) is 0 Å². The highest BCUT2D eigenvalue weighted by Gasteiger charge is 2.10. The number of fused-ring (bicyclic) bond motifs is 2. The molecular weight excluding hydrogens is 258 g/mol. The van der Waals surface area contributed by atoms with E-state index in [1.165, 1.54) is 0 Å². The summed E-state index contributed by atoms with van der Waals surface area (Å²) in [6, 6.07) is 14.3. The summed E-state index contributed by atoms with van der Waals surface area (Å²) in [7, 11) is 0. The number of nitrogens with one attached hydrogen (secondary N) is 1. The third-order valence-electron chi connectivity index (χ3n) is 3.70. The summed E-state index contributed by atoms with van der Waals surface area (Å²) in [5.41, 5.74) is 4.92. The number of para-hydroxylation sites is 1. The first-order valence-electron chi connectivity index (χ1n) is 6.81. The first-order valence-corrected chi connectivity index (χ1v) is 6.81. The molecule has 0 amide bonds. The predicted octanol–water partition coefficient (Wildman–Crippen LogP) is 4.42. The summed E-state index contributed by atoms with van der Waals surface area (Å²) in [6.45, 7) is 3.87. The monoisotopic (exact) mass is 271 g/mol. The molecule has 0 aliphatic carbocycles. The van der Waals surface area contributed by atoms with E-state index in [1.54, 1.807) is 6.20 Å². The van der Waals surface area contributed by atoms with Crippen LogP contribution in [-0.2, 0) is 0 Å². The minimum atomic E-state index is 0.859. The number of aromatic nitrogens is 3. The van der Waals surface area contributed by atoms with E-state index in [4.69, 9.17) is 4.98 Å². The van der Waals surface area contributed by atoms with Gasteiger partial charge in [-0.15, -0.1) is 0 Å². The molecule has 1 N–H and O–H groups in total. The van der Waals surface area contributed by atoms with Gasteiger partial charge in [-0.2, -0.15) is 0 Å².